The summed E-state index contributed by atoms with van der Waals surface area (Å²) in [6.07, 6.45) is 3.71. The summed E-state index contributed by atoms with van der Waals surface area (Å²) in [5.74, 6) is -0.971. The number of carboxylic acids is 1. The first-order chi connectivity index (χ1) is 15.6. The topological polar surface area (TPSA) is 98.5 Å². The van der Waals surface area contributed by atoms with Crippen LogP contribution in [0, 0.1) is 0 Å². The number of fused-ring (bicyclic) bond motifs is 1. The van der Waals surface area contributed by atoms with Gasteiger partial charge in [0.2, 0.25) is 0 Å². The molecule has 2 atom stereocenters. The van der Waals surface area contributed by atoms with Gasteiger partial charge in [0.05, 0.1) is 20.3 Å². The number of carbonyl (C=O) groups is 1. The second kappa shape index (κ2) is 9.24. The molecule has 1 N–H and O–H groups in total. The zero-order valence-electron chi connectivity index (χ0n) is 19.0. The molecule has 0 radical (unpaired) electrons. The summed E-state index contributed by atoms with van der Waals surface area (Å²) < 4.78 is 27.5. The number of benzene rings is 2. The summed E-state index contributed by atoms with van der Waals surface area (Å²) in [4.78, 5) is 11.2. The molecule has 2 unspecified atom stereocenters. The lowest BCUT2D eigenvalue weighted by atomic mass is 9.92. The Hall–Kier alpha value is -2.75. The molecule has 0 fully saturated rings. The van der Waals surface area contributed by atoms with Crippen molar-refractivity contribution in [3.63, 3.8) is 0 Å². The van der Waals surface area contributed by atoms with Crippen molar-refractivity contribution in [2.24, 2.45) is 0 Å². The highest BCUT2D eigenvalue weighted by atomic mass is 32.2. The predicted molar refractivity (Wildman–Crippen MR) is 132 cm³/mol. The number of rotatable bonds is 7. The van der Waals surface area contributed by atoms with Gasteiger partial charge in [0, 0.05) is 28.2 Å². The second-order valence-corrected chi connectivity index (χ2v) is 15.3. The molecule has 9 heteroatoms. The molecule has 174 valence electrons. The van der Waals surface area contributed by atoms with Crippen LogP contribution < -0.4 is 9.49 Å². The number of anilines is 1. The molecule has 1 aromatic heterocycles. The van der Waals surface area contributed by atoms with Crippen molar-refractivity contribution in [1.82, 2.24) is 9.78 Å². The Bertz CT molecular complexity index is 1190. The third-order valence-corrected chi connectivity index (χ3v) is 8.97. The SMILES string of the molecule is C[Si](C)(C)c1cccc(-c2ccc(N(C3CCCc4c3cnn4CC(=O)O)S(=O)[O-])cc2)c1. The second-order valence-electron chi connectivity index (χ2n) is 9.43. The van der Waals surface area contributed by atoms with E-state index in [-0.39, 0.29) is 6.54 Å². The van der Waals surface area contributed by atoms with Crippen LogP contribution in [0.4, 0.5) is 5.69 Å². The molecule has 0 bridgehead atoms. The number of hydrogen-bond donors (Lipinski definition) is 1. The van der Waals surface area contributed by atoms with Gasteiger partial charge in [0.25, 0.3) is 0 Å². The normalized spacial score (nSPS) is 16.8. The fraction of sp³-hybridized carbons (Fsp3) is 0.333. The first-order valence-electron chi connectivity index (χ1n) is 11.0. The Morgan fingerprint density at radius 2 is 1.94 bits per heavy atom. The van der Waals surface area contributed by atoms with Gasteiger partial charge in [-0.3, -0.25) is 18.0 Å². The Labute approximate surface area is 197 Å². The molecule has 33 heavy (non-hydrogen) atoms. The smallest absolute Gasteiger partial charge is 0.325 e. The Morgan fingerprint density at radius 1 is 1.21 bits per heavy atom. The van der Waals surface area contributed by atoms with Crippen molar-refractivity contribution in [2.75, 3.05) is 4.31 Å². The van der Waals surface area contributed by atoms with Gasteiger partial charge < -0.3 is 9.66 Å². The molecule has 3 aromatic rings. The van der Waals surface area contributed by atoms with Gasteiger partial charge in [-0.05, 0) is 42.5 Å². The molecule has 1 aliphatic rings. The summed E-state index contributed by atoms with van der Waals surface area (Å²) in [6, 6.07) is 15.7. The highest BCUT2D eigenvalue weighted by Crippen LogP contribution is 2.38. The molecule has 2 aromatic carbocycles. The molecule has 0 saturated carbocycles. The lowest BCUT2D eigenvalue weighted by molar-refractivity contribution is -0.137. The van der Waals surface area contributed by atoms with Crippen LogP contribution in [0.25, 0.3) is 11.1 Å². The molecule has 1 heterocycles. The maximum absolute atomic E-state index is 12.3. The molecule has 0 saturated heterocycles. The number of hydrogen-bond acceptors (Lipinski definition) is 4. The van der Waals surface area contributed by atoms with Gasteiger partial charge in [-0.1, -0.05) is 61.2 Å². The van der Waals surface area contributed by atoms with E-state index in [1.54, 1.807) is 6.20 Å². The summed E-state index contributed by atoms with van der Waals surface area (Å²) in [5.41, 5.74) is 4.31. The number of aromatic nitrogens is 2. The first-order valence-corrected chi connectivity index (χ1v) is 15.5. The van der Waals surface area contributed by atoms with E-state index in [0.29, 0.717) is 18.5 Å². The Morgan fingerprint density at radius 3 is 2.58 bits per heavy atom. The van der Waals surface area contributed by atoms with Gasteiger partial charge in [-0.15, -0.1) is 0 Å². The molecule has 0 amide bonds. The highest BCUT2D eigenvalue weighted by molar-refractivity contribution is 7.80. The molecular formula is C24H28N3O4SSi-. The monoisotopic (exact) mass is 482 g/mol. The molecule has 7 nitrogen and oxygen atoms in total. The summed E-state index contributed by atoms with van der Waals surface area (Å²) >= 11 is -2.49. The van der Waals surface area contributed by atoms with Crippen molar-refractivity contribution in [3.05, 3.63) is 66.0 Å². The maximum Gasteiger partial charge on any atom is 0.325 e. The average molecular weight is 483 g/mol. The Kier molecular flexibility index (Phi) is 6.56. The van der Waals surface area contributed by atoms with Crippen LogP contribution in [0.15, 0.2) is 54.7 Å². The van der Waals surface area contributed by atoms with Gasteiger partial charge >= 0.3 is 5.97 Å². The van der Waals surface area contributed by atoms with E-state index in [1.807, 2.05) is 24.3 Å². The minimum atomic E-state index is -2.49. The van der Waals surface area contributed by atoms with Crippen LogP contribution in [-0.2, 0) is 29.0 Å². The molecule has 0 aliphatic heterocycles. The van der Waals surface area contributed by atoms with E-state index in [0.717, 1.165) is 28.8 Å². The largest absolute Gasteiger partial charge is 0.755 e. The quantitative estimate of drug-likeness (QED) is 0.407. The van der Waals surface area contributed by atoms with Gasteiger partial charge in [-0.2, -0.15) is 5.10 Å². The third kappa shape index (κ3) is 4.95. The van der Waals surface area contributed by atoms with Crippen molar-refractivity contribution >= 4 is 36.2 Å². The number of aliphatic carboxylic acids is 1. The Balaban J connectivity index is 1.65. The summed E-state index contributed by atoms with van der Waals surface area (Å²) in [6.45, 7) is 6.71. The average Bonchev–Trinajstić information content (AvgIpc) is 3.17. The van der Waals surface area contributed by atoms with Crippen LogP contribution in [0.2, 0.25) is 19.6 Å². The lowest BCUT2D eigenvalue weighted by Gasteiger charge is -2.37. The van der Waals surface area contributed by atoms with Crippen molar-refractivity contribution in [1.29, 1.82) is 0 Å². The molecular weight excluding hydrogens is 454 g/mol. The molecule has 1 aliphatic carbocycles. The van der Waals surface area contributed by atoms with Gasteiger partial charge in [0.1, 0.15) is 6.54 Å². The summed E-state index contributed by atoms with van der Waals surface area (Å²) in [5, 5.41) is 14.7. The molecule has 0 spiro atoms. The lowest BCUT2D eigenvalue weighted by Crippen LogP contribution is -2.37. The fourth-order valence-electron chi connectivity index (χ4n) is 4.44. The zero-order chi connectivity index (χ0) is 23.8. The maximum atomic E-state index is 12.3. The van der Waals surface area contributed by atoms with E-state index in [2.05, 4.69) is 49.0 Å². The summed E-state index contributed by atoms with van der Waals surface area (Å²) in [7, 11) is -1.44. The van der Waals surface area contributed by atoms with E-state index in [4.69, 9.17) is 5.11 Å². The van der Waals surface area contributed by atoms with Crippen LogP contribution >= 0.6 is 0 Å². The van der Waals surface area contributed by atoms with E-state index in [1.165, 1.54) is 14.2 Å². The van der Waals surface area contributed by atoms with Crippen LogP contribution in [-0.4, -0.2) is 37.7 Å². The minimum absolute atomic E-state index is 0.228. The van der Waals surface area contributed by atoms with Crippen molar-refractivity contribution in [3.8, 4) is 11.1 Å². The van der Waals surface area contributed by atoms with E-state index >= 15 is 0 Å². The van der Waals surface area contributed by atoms with Crippen molar-refractivity contribution in [2.45, 2.75) is 51.5 Å². The number of carboxylic acid groups (broad SMARTS) is 1. The first kappa shape index (κ1) is 23.4. The standard InChI is InChI=1S/C24H29N3O4SSi/c1-33(2,3)20-7-4-6-18(14-20)17-10-12-19(13-11-17)27(32(30)31)23-9-5-8-22-21(23)15-25-26(22)16-24(28)29/h4,6-7,10-15,23H,5,8-9,16H2,1-3H3,(H,28,29)(H,30,31)/p-1. The van der Waals surface area contributed by atoms with Crippen molar-refractivity contribution < 1.29 is 18.7 Å². The third-order valence-electron chi connectivity index (χ3n) is 6.14. The predicted octanol–water partition coefficient (Wildman–Crippen LogP) is 3.86. The molecule has 4 rings (SSSR count). The minimum Gasteiger partial charge on any atom is -0.755 e. The van der Waals surface area contributed by atoms with Crippen LogP contribution in [0.5, 0.6) is 0 Å². The fourth-order valence-corrected chi connectivity index (χ4v) is 6.34. The van der Waals surface area contributed by atoms with Crippen LogP contribution in [0.3, 0.4) is 0 Å². The van der Waals surface area contributed by atoms with E-state index < -0.39 is 31.4 Å². The van der Waals surface area contributed by atoms with E-state index in [9.17, 15) is 13.6 Å². The highest BCUT2D eigenvalue weighted by Gasteiger charge is 2.30. The zero-order valence-corrected chi connectivity index (χ0v) is 20.8. The van der Waals surface area contributed by atoms with Gasteiger partial charge in [0.15, 0.2) is 0 Å². The van der Waals surface area contributed by atoms with Crippen LogP contribution in [0.1, 0.15) is 30.1 Å². The number of nitrogens with zero attached hydrogens (tertiary/aromatic N) is 3. The van der Waals surface area contributed by atoms with Gasteiger partial charge in [-0.25, -0.2) is 0 Å².